The van der Waals surface area contributed by atoms with E-state index in [-0.39, 0.29) is 30.6 Å². The van der Waals surface area contributed by atoms with Crippen LogP contribution in [0.15, 0.2) is 60.7 Å². The highest BCUT2D eigenvalue weighted by Crippen LogP contribution is 2.12. The summed E-state index contributed by atoms with van der Waals surface area (Å²) in [6.45, 7) is 4.06. The largest absolute Gasteiger partial charge is 0.379 e. The standard InChI is InChI=1S/C20H20O8/c1-2-23-13-14-24-15-18(25-27-19(21)16-9-5-3-6-10-16)26-28-20(22)17-11-7-4-8-12-17/h3-12H,1-2,13-15H2. The highest BCUT2D eigenvalue weighted by atomic mass is 17.3. The molecule has 28 heavy (non-hydrogen) atoms. The van der Waals surface area contributed by atoms with Crippen LogP contribution in [0, 0.1) is 13.2 Å². The first kappa shape index (κ1) is 21.5. The van der Waals surface area contributed by atoms with Gasteiger partial charge in [0.05, 0.1) is 24.3 Å². The monoisotopic (exact) mass is 388 g/mol. The lowest BCUT2D eigenvalue weighted by Gasteiger charge is -2.14. The summed E-state index contributed by atoms with van der Waals surface area (Å²) in [5, 5.41) is 0. The Morgan fingerprint density at radius 2 is 1.14 bits per heavy atom. The molecule has 0 fully saturated rings. The van der Waals surface area contributed by atoms with Crippen LogP contribution in [-0.4, -0.2) is 38.4 Å². The second-order valence-corrected chi connectivity index (χ2v) is 5.18. The molecule has 8 heteroatoms. The van der Waals surface area contributed by atoms with Gasteiger partial charge in [0.15, 0.2) is 0 Å². The van der Waals surface area contributed by atoms with Gasteiger partial charge in [0.2, 0.25) is 0 Å². The van der Waals surface area contributed by atoms with E-state index in [9.17, 15) is 9.59 Å². The van der Waals surface area contributed by atoms with Gasteiger partial charge >= 0.3 is 18.2 Å². The van der Waals surface area contributed by atoms with Crippen LogP contribution >= 0.6 is 0 Å². The first-order chi connectivity index (χ1) is 13.7. The van der Waals surface area contributed by atoms with Gasteiger partial charge in [-0.3, -0.25) is 9.78 Å². The summed E-state index contributed by atoms with van der Waals surface area (Å²) in [4.78, 5) is 42.9. The summed E-state index contributed by atoms with van der Waals surface area (Å²) >= 11 is 0. The maximum Gasteiger partial charge on any atom is 0.373 e. The number of rotatable bonds is 12. The molecule has 0 heterocycles. The number of carbonyl (C=O) groups is 2. The molecule has 148 valence electrons. The van der Waals surface area contributed by atoms with E-state index in [4.69, 9.17) is 29.0 Å². The molecule has 0 unspecified atom stereocenters. The van der Waals surface area contributed by atoms with Crippen molar-refractivity contribution in [1.29, 1.82) is 0 Å². The Kier molecular flexibility index (Phi) is 9.67. The van der Waals surface area contributed by atoms with Gasteiger partial charge in [-0.25, -0.2) is 9.59 Å². The number of ether oxygens (including phenoxy) is 2. The average Bonchev–Trinajstić information content (AvgIpc) is 2.75. The summed E-state index contributed by atoms with van der Waals surface area (Å²) in [7, 11) is 0. The molecule has 0 saturated heterocycles. The van der Waals surface area contributed by atoms with Gasteiger partial charge in [-0.2, -0.15) is 0 Å². The van der Waals surface area contributed by atoms with Gasteiger partial charge < -0.3 is 9.47 Å². The molecule has 8 nitrogen and oxygen atoms in total. The molecule has 2 radical (unpaired) electrons. The molecule has 0 bridgehead atoms. The van der Waals surface area contributed by atoms with E-state index in [1.807, 2.05) is 0 Å². The lowest BCUT2D eigenvalue weighted by molar-refractivity contribution is -0.368. The zero-order valence-electron chi connectivity index (χ0n) is 15.1. The predicted molar refractivity (Wildman–Crippen MR) is 96.1 cm³/mol. The van der Waals surface area contributed by atoms with Crippen molar-refractivity contribution >= 4 is 11.9 Å². The van der Waals surface area contributed by atoms with Gasteiger partial charge in [-0.15, -0.1) is 9.78 Å². The van der Waals surface area contributed by atoms with Crippen LogP contribution in [-0.2, 0) is 29.0 Å². The lowest BCUT2D eigenvalue weighted by atomic mass is 10.2. The highest BCUT2D eigenvalue weighted by Gasteiger charge is 2.22. The summed E-state index contributed by atoms with van der Waals surface area (Å²) in [6.07, 6.45) is -0.372. The summed E-state index contributed by atoms with van der Waals surface area (Å²) in [5.41, 5.74) is 0.542. The molecule has 0 aliphatic heterocycles. The van der Waals surface area contributed by atoms with Crippen molar-refractivity contribution < 1.29 is 38.6 Å². The molecule has 0 aromatic heterocycles. The second-order valence-electron chi connectivity index (χ2n) is 5.18. The molecule has 0 saturated carbocycles. The van der Waals surface area contributed by atoms with Crippen molar-refractivity contribution in [3.8, 4) is 0 Å². The molecule has 0 aliphatic carbocycles. The second kappa shape index (κ2) is 12.6. The summed E-state index contributed by atoms with van der Waals surface area (Å²) in [5.74, 6) is -1.51. The Morgan fingerprint density at radius 3 is 1.61 bits per heavy atom. The van der Waals surface area contributed by atoms with E-state index >= 15 is 0 Å². The van der Waals surface area contributed by atoms with E-state index in [1.165, 1.54) is 0 Å². The van der Waals surface area contributed by atoms with Gasteiger partial charge in [-0.1, -0.05) is 36.4 Å². The van der Waals surface area contributed by atoms with Crippen LogP contribution in [0.2, 0.25) is 0 Å². The summed E-state index contributed by atoms with van der Waals surface area (Å²) < 4.78 is 10.3. The van der Waals surface area contributed by atoms with Crippen LogP contribution in [0.4, 0.5) is 0 Å². The maximum absolute atomic E-state index is 11.9. The van der Waals surface area contributed by atoms with Crippen molar-refractivity contribution in [2.45, 2.75) is 0 Å². The van der Waals surface area contributed by atoms with E-state index in [2.05, 4.69) is 6.92 Å². The van der Waals surface area contributed by atoms with Crippen LogP contribution in [0.1, 0.15) is 20.7 Å². The van der Waals surface area contributed by atoms with Crippen LogP contribution in [0.5, 0.6) is 0 Å². The normalized spacial score (nSPS) is 10.6. The SMILES string of the molecule is [CH2]COCCOC[C](OOC(=O)c1ccccc1)OOC(=O)c1ccccc1. The van der Waals surface area contributed by atoms with Crippen molar-refractivity contribution in [3.05, 3.63) is 85.0 Å². The molecule has 2 aromatic rings. The molecule has 0 amide bonds. The average molecular weight is 388 g/mol. The van der Waals surface area contributed by atoms with Gasteiger partial charge in [0.25, 0.3) is 0 Å². The third-order valence-corrected chi connectivity index (χ3v) is 3.18. The van der Waals surface area contributed by atoms with E-state index in [1.54, 1.807) is 60.7 Å². The molecular formula is C20H20O8. The Balaban J connectivity index is 1.84. The van der Waals surface area contributed by atoms with Crippen LogP contribution in [0.3, 0.4) is 0 Å². The fourth-order valence-corrected chi connectivity index (χ4v) is 1.85. The molecule has 2 rings (SSSR count). The highest BCUT2D eigenvalue weighted by molar-refractivity contribution is 5.89. The van der Waals surface area contributed by atoms with Crippen LogP contribution < -0.4 is 0 Å². The molecule has 0 N–H and O–H groups in total. The Morgan fingerprint density at radius 1 is 0.679 bits per heavy atom. The maximum atomic E-state index is 11.9. The Bertz CT molecular complexity index is 649. The van der Waals surface area contributed by atoms with E-state index < -0.39 is 11.9 Å². The number of benzene rings is 2. The fourth-order valence-electron chi connectivity index (χ4n) is 1.85. The zero-order chi connectivity index (χ0) is 20.0. The van der Waals surface area contributed by atoms with Crippen molar-refractivity contribution in [2.75, 3.05) is 26.4 Å². The topological polar surface area (TPSA) is 89.5 Å². The van der Waals surface area contributed by atoms with Crippen molar-refractivity contribution in [3.63, 3.8) is 0 Å². The smallest absolute Gasteiger partial charge is 0.373 e. The zero-order valence-corrected chi connectivity index (χ0v) is 15.1. The fraction of sp³-hybridized carbons (Fsp3) is 0.200. The first-order valence-corrected chi connectivity index (χ1v) is 8.39. The number of hydrogen-bond acceptors (Lipinski definition) is 8. The van der Waals surface area contributed by atoms with E-state index in [0.29, 0.717) is 13.2 Å². The van der Waals surface area contributed by atoms with Crippen LogP contribution in [0.25, 0.3) is 0 Å². The van der Waals surface area contributed by atoms with Crippen molar-refractivity contribution in [2.24, 2.45) is 0 Å². The third-order valence-electron chi connectivity index (χ3n) is 3.18. The summed E-state index contributed by atoms with van der Waals surface area (Å²) in [6, 6.07) is 16.4. The Labute approximate surface area is 162 Å². The van der Waals surface area contributed by atoms with Crippen molar-refractivity contribution in [1.82, 2.24) is 0 Å². The Hall–Kier alpha value is -2.78. The molecule has 0 atom stereocenters. The van der Waals surface area contributed by atoms with E-state index in [0.717, 1.165) is 0 Å². The van der Waals surface area contributed by atoms with Gasteiger partial charge in [0, 0.05) is 6.61 Å². The number of hydrogen-bond donors (Lipinski definition) is 0. The minimum Gasteiger partial charge on any atom is -0.379 e. The third kappa shape index (κ3) is 7.85. The lowest BCUT2D eigenvalue weighted by Crippen LogP contribution is -2.21. The van der Waals surface area contributed by atoms with Gasteiger partial charge in [0.1, 0.15) is 6.61 Å². The molecule has 0 aliphatic rings. The minimum atomic E-state index is -0.753. The number of carbonyl (C=O) groups excluding carboxylic acids is 2. The minimum absolute atomic E-state index is 0.199. The molecule has 2 aromatic carbocycles. The first-order valence-electron chi connectivity index (χ1n) is 8.39. The predicted octanol–water partition coefficient (Wildman–Crippen LogP) is 2.92. The van der Waals surface area contributed by atoms with Gasteiger partial charge in [-0.05, 0) is 31.2 Å². The molecule has 0 spiro atoms. The quantitative estimate of drug-likeness (QED) is 0.311. The molecular weight excluding hydrogens is 368 g/mol.